The van der Waals surface area contributed by atoms with E-state index in [1.807, 2.05) is 20.8 Å². The first-order chi connectivity index (χ1) is 8.64. The zero-order valence-corrected chi connectivity index (χ0v) is 12.0. The maximum absolute atomic E-state index is 11.6. The smallest absolute Gasteiger partial charge is 0.358 e. The molecule has 0 saturated heterocycles. The topological polar surface area (TPSA) is 88.3 Å². The van der Waals surface area contributed by atoms with Crippen molar-refractivity contribution in [2.24, 2.45) is 0 Å². The second kappa shape index (κ2) is 5.38. The van der Waals surface area contributed by atoms with Gasteiger partial charge in [0.1, 0.15) is 0 Å². The van der Waals surface area contributed by atoms with Crippen molar-refractivity contribution in [2.45, 2.75) is 39.2 Å². The van der Waals surface area contributed by atoms with Gasteiger partial charge in [-0.1, -0.05) is 26.0 Å². The average Bonchev–Trinajstić information content (AvgIpc) is 2.68. The number of rotatable bonds is 4. The van der Waals surface area contributed by atoms with E-state index in [0.29, 0.717) is 12.2 Å². The summed E-state index contributed by atoms with van der Waals surface area (Å²) in [6.07, 6.45) is 0.262. The van der Waals surface area contributed by atoms with Crippen molar-refractivity contribution in [1.82, 2.24) is 19.9 Å². The maximum atomic E-state index is 11.6. The lowest BCUT2D eigenvalue weighted by atomic mass is 9.90. The number of amides is 1. The molecule has 0 bridgehead atoms. The monoisotopic (exact) mass is 268 g/mol. The Balaban J connectivity index is 3.02. The molecule has 7 heteroatoms. The molecule has 0 radical (unpaired) electrons. The van der Waals surface area contributed by atoms with Crippen LogP contribution in [0.2, 0.25) is 0 Å². The SMILES string of the molecule is CN(C)C(=O)CCn1nnc(C(=O)O)c1C(C)(C)C. The molecule has 1 N–H and O–H groups in total. The van der Waals surface area contributed by atoms with E-state index in [-0.39, 0.29) is 18.0 Å². The van der Waals surface area contributed by atoms with Gasteiger partial charge in [0, 0.05) is 25.9 Å². The molecular formula is C12H20N4O3. The molecule has 1 aromatic heterocycles. The van der Waals surface area contributed by atoms with Crippen LogP contribution in [-0.2, 0) is 16.8 Å². The highest BCUT2D eigenvalue weighted by atomic mass is 16.4. The number of hydrogen-bond donors (Lipinski definition) is 1. The highest BCUT2D eigenvalue weighted by Gasteiger charge is 2.29. The maximum Gasteiger partial charge on any atom is 0.358 e. The summed E-state index contributed by atoms with van der Waals surface area (Å²) in [5.74, 6) is -1.14. The van der Waals surface area contributed by atoms with Crippen LogP contribution >= 0.6 is 0 Å². The Morgan fingerprint density at radius 2 is 1.89 bits per heavy atom. The fourth-order valence-electron chi connectivity index (χ4n) is 1.78. The van der Waals surface area contributed by atoms with E-state index in [0.717, 1.165) is 0 Å². The molecule has 0 unspecified atom stereocenters. The lowest BCUT2D eigenvalue weighted by molar-refractivity contribution is -0.128. The van der Waals surface area contributed by atoms with E-state index >= 15 is 0 Å². The van der Waals surface area contributed by atoms with E-state index in [2.05, 4.69) is 10.3 Å². The van der Waals surface area contributed by atoms with E-state index in [9.17, 15) is 9.59 Å². The van der Waals surface area contributed by atoms with Gasteiger partial charge in [-0.25, -0.2) is 9.48 Å². The lowest BCUT2D eigenvalue weighted by Gasteiger charge is -2.20. The third-order valence-electron chi connectivity index (χ3n) is 2.68. The normalized spacial score (nSPS) is 11.4. The zero-order chi connectivity index (χ0) is 14.8. The van der Waals surface area contributed by atoms with E-state index in [4.69, 9.17) is 5.11 Å². The Morgan fingerprint density at radius 3 is 2.32 bits per heavy atom. The van der Waals surface area contributed by atoms with Gasteiger partial charge in [-0.3, -0.25) is 4.79 Å². The van der Waals surface area contributed by atoms with Gasteiger partial charge in [-0.15, -0.1) is 5.10 Å². The standard InChI is InChI=1S/C12H20N4O3/c1-12(2,3)10-9(11(18)19)13-14-16(10)7-6-8(17)15(4)5/h6-7H2,1-5H3,(H,18,19). The number of nitrogens with zero attached hydrogens (tertiary/aromatic N) is 4. The number of aryl methyl sites for hydroxylation is 1. The fraction of sp³-hybridized carbons (Fsp3) is 0.667. The second-order valence-electron chi connectivity index (χ2n) is 5.60. The van der Waals surface area contributed by atoms with Crippen LogP contribution in [0.15, 0.2) is 0 Å². The van der Waals surface area contributed by atoms with Gasteiger partial charge in [0.15, 0.2) is 5.69 Å². The van der Waals surface area contributed by atoms with Crippen LogP contribution in [0, 0.1) is 0 Å². The third kappa shape index (κ3) is 3.52. The molecule has 0 saturated carbocycles. The van der Waals surface area contributed by atoms with Crippen LogP contribution in [0.1, 0.15) is 43.4 Å². The average molecular weight is 268 g/mol. The molecule has 106 valence electrons. The summed E-state index contributed by atoms with van der Waals surface area (Å²) in [5.41, 5.74) is 0.0784. The van der Waals surface area contributed by atoms with Gasteiger partial charge < -0.3 is 10.0 Å². The third-order valence-corrected chi connectivity index (χ3v) is 2.68. The van der Waals surface area contributed by atoms with Crippen LogP contribution in [0.3, 0.4) is 0 Å². The Hall–Kier alpha value is -1.92. The van der Waals surface area contributed by atoms with Crippen molar-refractivity contribution in [3.8, 4) is 0 Å². The van der Waals surface area contributed by atoms with Crippen molar-refractivity contribution >= 4 is 11.9 Å². The Bertz CT molecular complexity index is 486. The summed E-state index contributed by atoms with van der Waals surface area (Å²) < 4.78 is 1.50. The quantitative estimate of drug-likeness (QED) is 0.870. The first-order valence-corrected chi connectivity index (χ1v) is 6.02. The summed E-state index contributed by atoms with van der Waals surface area (Å²) in [7, 11) is 3.36. The van der Waals surface area contributed by atoms with Gasteiger partial charge in [-0.05, 0) is 0 Å². The van der Waals surface area contributed by atoms with Crippen molar-refractivity contribution in [2.75, 3.05) is 14.1 Å². The van der Waals surface area contributed by atoms with Gasteiger partial charge in [-0.2, -0.15) is 0 Å². The molecule has 19 heavy (non-hydrogen) atoms. The molecule has 1 amide bonds. The molecule has 1 aromatic rings. The van der Waals surface area contributed by atoms with Gasteiger partial charge >= 0.3 is 5.97 Å². The van der Waals surface area contributed by atoms with Crippen molar-refractivity contribution in [1.29, 1.82) is 0 Å². The number of carbonyl (C=O) groups is 2. The summed E-state index contributed by atoms with van der Waals surface area (Å²) in [6.45, 7) is 6.00. The zero-order valence-electron chi connectivity index (χ0n) is 12.0. The lowest BCUT2D eigenvalue weighted by Crippen LogP contribution is -2.26. The molecular weight excluding hydrogens is 248 g/mol. The van der Waals surface area contributed by atoms with E-state index in [1.54, 1.807) is 14.1 Å². The van der Waals surface area contributed by atoms with Crippen molar-refractivity contribution in [3.63, 3.8) is 0 Å². The largest absolute Gasteiger partial charge is 0.476 e. The first kappa shape index (κ1) is 15.1. The second-order valence-corrected chi connectivity index (χ2v) is 5.60. The Labute approximate surface area is 112 Å². The summed E-state index contributed by atoms with van der Waals surface area (Å²) >= 11 is 0. The van der Waals surface area contributed by atoms with Gasteiger partial charge in [0.05, 0.1) is 12.2 Å². The number of carboxylic acid groups (broad SMARTS) is 1. The number of hydrogen-bond acceptors (Lipinski definition) is 4. The minimum absolute atomic E-state index is 0.0350. The van der Waals surface area contributed by atoms with E-state index < -0.39 is 11.4 Å². The minimum atomic E-state index is -1.10. The number of aromatic carboxylic acids is 1. The fourth-order valence-corrected chi connectivity index (χ4v) is 1.78. The molecule has 0 aliphatic heterocycles. The van der Waals surface area contributed by atoms with Gasteiger partial charge in [0.2, 0.25) is 5.91 Å². The molecule has 0 aromatic carbocycles. The molecule has 0 aliphatic rings. The van der Waals surface area contributed by atoms with Gasteiger partial charge in [0.25, 0.3) is 0 Å². The molecule has 1 rings (SSSR count). The van der Waals surface area contributed by atoms with Crippen LogP contribution in [-0.4, -0.2) is 51.0 Å². The number of carbonyl (C=O) groups excluding carboxylic acids is 1. The van der Waals surface area contributed by atoms with Crippen LogP contribution < -0.4 is 0 Å². The summed E-state index contributed by atoms with van der Waals surface area (Å²) in [5, 5.41) is 16.7. The molecule has 7 nitrogen and oxygen atoms in total. The molecule has 0 aliphatic carbocycles. The van der Waals surface area contributed by atoms with Crippen molar-refractivity contribution in [3.05, 3.63) is 11.4 Å². The van der Waals surface area contributed by atoms with Crippen LogP contribution in [0.4, 0.5) is 0 Å². The summed E-state index contributed by atoms with van der Waals surface area (Å²) in [6, 6.07) is 0. The summed E-state index contributed by atoms with van der Waals surface area (Å²) in [4.78, 5) is 24.2. The predicted octanol–water partition coefficient (Wildman–Crippen LogP) is 0.752. The molecule has 0 atom stereocenters. The highest BCUT2D eigenvalue weighted by molar-refractivity contribution is 5.86. The minimum Gasteiger partial charge on any atom is -0.476 e. The van der Waals surface area contributed by atoms with Crippen LogP contribution in [0.5, 0.6) is 0 Å². The molecule has 0 spiro atoms. The Kier molecular flexibility index (Phi) is 4.28. The molecule has 1 heterocycles. The Morgan fingerprint density at radius 1 is 1.32 bits per heavy atom. The highest BCUT2D eigenvalue weighted by Crippen LogP contribution is 2.24. The van der Waals surface area contributed by atoms with Crippen LogP contribution in [0.25, 0.3) is 0 Å². The first-order valence-electron chi connectivity index (χ1n) is 6.02. The van der Waals surface area contributed by atoms with Crippen molar-refractivity contribution < 1.29 is 14.7 Å². The number of aromatic nitrogens is 3. The van der Waals surface area contributed by atoms with E-state index in [1.165, 1.54) is 9.58 Å². The molecule has 0 fully saturated rings. The number of carboxylic acids is 1. The predicted molar refractivity (Wildman–Crippen MR) is 69.0 cm³/mol.